The van der Waals surface area contributed by atoms with Crippen molar-refractivity contribution in [3.05, 3.63) is 0 Å². The molecule has 6 heteroatoms. The second-order valence-electron chi connectivity index (χ2n) is 6.03. The molecule has 0 amide bonds. The SMILES string of the molecule is COC(=O)C1CC(NCC(F)F)CN(C2CCC2C)C1. The minimum absolute atomic E-state index is 0.0605. The Labute approximate surface area is 118 Å². The number of carbonyl (C=O) groups excluding carboxylic acids is 1. The fourth-order valence-electron chi connectivity index (χ4n) is 3.34. The molecular formula is C14H24F2N2O2. The molecule has 4 atom stereocenters. The fourth-order valence-corrected chi connectivity index (χ4v) is 3.34. The largest absolute Gasteiger partial charge is 0.469 e. The number of piperidine rings is 1. The fraction of sp³-hybridized carbons (Fsp3) is 0.929. The molecule has 0 bridgehead atoms. The first kappa shape index (κ1) is 15.6. The van der Waals surface area contributed by atoms with Gasteiger partial charge in [-0.05, 0) is 25.2 Å². The van der Waals surface area contributed by atoms with Gasteiger partial charge in [0.25, 0.3) is 6.43 Å². The Hall–Kier alpha value is -0.750. The molecule has 0 radical (unpaired) electrons. The standard InChI is InChI=1S/C14H24F2N2O2/c1-9-3-4-12(9)18-7-10(14(19)20-2)5-11(8-18)17-6-13(15)16/h9-13,17H,3-8H2,1-2H3. The molecular weight excluding hydrogens is 266 g/mol. The Morgan fingerprint density at radius 2 is 2.15 bits per heavy atom. The summed E-state index contributed by atoms with van der Waals surface area (Å²) in [7, 11) is 1.38. The van der Waals surface area contributed by atoms with Crippen LogP contribution in [-0.2, 0) is 9.53 Å². The van der Waals surface area contributed by atoms with Crippen molar-refractivity contribution in [3.8, 4) is 0 Å². The Morgan fingerprint density at radius 1 is 1.40 bits per heavy atom. The number of hydrogen-bond acceptors (Lipinski definition) is 4. The monoisotopic (exact) mass is 290 g/mol. The molecule has 1 N–H and O–H groups in total. The molecule has 4 unspecified atom stereocenters. The Bertz CT molecular complexity index is 341. The van der Waals surface area contributed by atoms with Crippen molar-refractivity contribution in [1.29, 1.82) is 0 Å². The Morgan fingerprint density at radius 3 is 2.65 bits per heavy atom. The Kier molecular flexibility index (Phi) is 5.32. The molecule has 1 saturated heterocycles. The van der Waals surface area contributed by atoms with Crippen LogP contribution in [0.1, 0.15) is 26.2 Å². The van der Waals surface area contributed by atoms with Gasteiger partial charge in [-0.1, -0.05) is 6.92 Å². The van der Waals surface area contributed by atoms with Crippen LogP contribution < -0.4 is 5.32 Å². The lowest BCUT2D eigenvalue weighted by Gasteiger charge is -2.48. The minimum atomic E-state index is -2.36. The number of alkyl halides is 2. The van der Waals surface area contributed by atoms with Gasteiger partial charge in [0.05, 0.1) is 19.6 Å². The summed E-state index contributed by atoms with van der Waals surface area (Å²) in [6, 6.07) is 0.424. The van der Waals surface area contributed by atoms with Crippen LogP contribution in [0.4, 0.5) is 8.78 Å². The van der Waals surface area contributed by atoms with E-state index in [9.17, 15) is 13.6 Å². The van der Waals surface area contributed by atoms with Gasteiger partial charge in [-0.25, -0.2) is 8.78 Å². The van der Waals surface area contributed by atoms with Crippen LogP contribution in [0, 0.1) is 11.8 Å². The molecule has 1 aliphatic heterocycles. The van der Waals surface area contributed by atoms with E-state index in [0.717, 1.165) is 13.0 Å². The normalized spacial score (nSPS) is 34.9. The van der Waals surface area contributed by atoms with Crippen LogP contribution in [0.3, 0.4) is 0 Å². The van der Waals surface area contributed by atoms with E-state index in [-0.39, 0.29) is 24.5 Å². The van der Waals surface area contributed by atoms with Crippen LogP contribution in [0.2, 0.25) is 0 Å². The minimum Gasteiger partial charge on any atom is -0.469 e. The van der Waals surface area contributed by atoms with Crippen molar-refractivity contribution >= 4 is 5.97 Å². The average Bonchev–Trinajstić information content (AvgIpc) is 2.42. The van der Waals surface area contributed by atoms with E-state index < -0.39 is 6.43 Å². The van der Waals surface area contributed by atoms with E-state index >= 15 is 0 Å². The van der Waals surface area contributed by atoms with E-state index in [1.54, 1.807) is 0 Å². The number of nitrogens with one attached hydrogen (secondary N) is 1. The maximum Gasteiger partial charge on any atom is 0.310 e. The number of halogens is 2. The quantitative estimate of drug-likeness (QED) is 0.779. The number of ether oxygens (including phenoxy) is 1. The zero-order valence-corrected chi connectivity index (χ0v) is 12.1. The molecule has 2 rings (SSSR count). The van der Waals surface area contributed by atoms with E-state index in [1.165, 1.54) is 13.5 Å². The highest BCUT2D eigenvalue weighted by atomic mass is 19.3. The van der Waals surface area contributed by atoms with Gasteiger partial charge in [-0.15, -0.1) is 0 Å². The highest BCUT2D eigenvalue weighted by molar-refractivity contribution is 5.72. The van der Waals surface area contributed by atoms with Crippen molar-refractivity contribution in [2.45, 2.75) is 44.7 Å². The zero-order chi connectivity index (χ0) is 14.7. The molecule has 2 aliphatic rings. The third-order valence-electron chi connectivity index (χ3n) is 4.62. The van der Waals surface area contributed by atoms with E-state index in [1.807, 2.05) is 0 Å². The lowest BCUT2D eigenvalue weighted by Crippen LogP contribution is -2.58. The van der Waals surface area contributed by atoms with Crippen molar-refractivity contribution in [1.82, 2.24) is 10.2 Å². The molecule has 1 heterocycles. The van der Waals surface area contributed by atoms with Gasteiger partial charge >= 0.3 is 5.97 Å². The number of methoxy groups -OCH3 is 1. The maximum atomic E-state index is 12.3. The lowest BCUT2D eigenvalue weighted by molar-refractivity contribution is -0.148. The first-order valence-corrected chi connectivity index (χ1v) is 7.34. The first-order valence-electron chi connectivity index (χ1n) is 7.34. The number of hydrogen-bond donors (Lipinski definition) is 1. The molecule has 0 aromatic heterocycles. The summed E-state index contributed by atoms with van der Waals surface area (Å²) in [5.74, 6) is 0.185. The molecule has 0 spiro atoms. The van der Waals surface area contributed by atoms with Gasteiger partial charge in [-0.3, -0.25) is 9.69 Å². The number of nitrogens with zero attached hydrogens (tertiary/aromatic N) is 1. The van der Waals surface area contributed by atoms with E-state index in [2.05, 4.69) is 17.1 Å². The van der Waals surface area contributed by atoms with Crippen LogP contribution in [-0.4, -0.2) is 56.1 Å². The summed E-state index contributed by atoms with van der Waals surface area (Å²) in [4.78, 5) is 14.1. The molecule has 4 nitrogen and oxygen atoms in total. The van der Waals surface area contributed by atoms with Gasteiger partial charge < -0.3 is 10.1 Å². The topological polar surface area (TPSA) is 41.6 Å². The summed E-state index contributed by atoms with van der Waals surface area (Å²) in [6.45, 7) is 3.33. The molecule has 20 heavy (non-hydrogen) atoms. The number of rotatable bonds is 5. The third-order valence-corrected chi connectivity index (χ3v) is 4.62. The predicted octanol–water partition coefficient (Wildman–Crippen LogP) is 1.50. The van der Waals surface area contributed by atoms with Gasteiger partial charge in [0.2, 0.25) is 0 Å². The number of esters is 1. The van der Waals surface area contributed by atoms with Gasteiger partial charge in [0.15, 0.2) is 0 Å². The van der Waals surface area contributed by atoms with Crippen molar-refractivity contribution in [3.63, 3.8) is 0 Å². The predicted molar refractivity (Wildman–Crippen MR) is 71.7 cm³/mol. The smallest absolute Gasteiger partial charge is 0.310 e. The zero-order valence-electron chi connectivity index (χ0n) is 12.1. The lowest BCUT2D eigenvalue weighted by atomic mass is 9.78. The number of carbonyl (C=O) groups is 1. The molecule has 0 aromatic rings. The summed E-state index contributed by atoms with van der Waals surface area (Å²) >= 11 is 0. The average molecular weight is 290 g/mol. The molecule has 116 valence electrons. The summed E-state index contributed by atoms with van der Waals surface area (Å²) in [5, 5.41) is 2.88. The van der Waals surface area contributed by atoms with Crippen molar-refractivity contribution in [2.75, 3.05) is 26.7 Å². The summed E-state index contributed by atoms with van der Waals surface area (Å²) in [5.41, 5.74) is 0. The molecule has 1 saturated carbocycles. The summed E-state index contributed by atoms with van der Waals surface area (Å²) < 4.78 is 29.5. The first-order chi connectivity index (χ1) is 9.51. The van der Waals surface area contributed by atoms with Crippen LogP contribution in [0.15, 0.2) is 0 Å². The number of likely N-dealkylation sites (tertiary alicyclic amines) is 1. The van der Waals surface area contributed by atoms with Gasteiger partial charge in [0, 0.05) is 25.2 Å². The van der Waals surface area contributed by atoms with E-state index in [4.69, 9.17) is 4.74 Å². The highest BCUT2D eigenvalue weighted by Gasteiger charge is 2.39. The van der Waals surface area contributed by atoms with Crippen molar-refractivity contribution in [2.24, 2.45) is 11.8 Å². The molecule has 0 aromatic carbocycles. The van der Waals surface area contributed by atoms with Crippen LogP contribution >= 0.6 is 0 Å². The second-order valence-corrected chi connectivity index (χ2v) is 6.03. The van der Waals surface area contributed by atoms with Gasteiger partial charge in [0.1, 0.15) is 0 Å². The summed E-state index contributed by atoms with van der Waals surface area (Å²) in [6.07, 6.45) is 0.567. The van der Waals surface area contributed by atoms with Gasteiger partial charge in [-0.2, -0.15) is 0 Å². The van der Waals surface area contributed by atoms with Crippen LogP contribution in [0.5, 0.6) is 0 Å². The van der Waals surface area contributed by atoms with Crippen molar-refractivity contribution < 1.29 is 18.3 Å². The Balaban J connectivity index is 1.96. The van der Waals surface area contributed by atoms with Crippen LogP contribution in [0.25, 0.3) is 0 Å². The molecule has 1 aliphatic carbocycles. The highest BCUT2D eigenvalue weighted by Crippen LogP contribution is 2.34. The maximum absolute atomic E-state index is 12.3. The van der Waals surface area contributed by atoms with E-state index in [0.29, 0.717) is 24.9 Å². The second kappa shape index (κ2) is 6.80. The molecule has 2 fully saturated rings. The third kappa shape index (κ3) is 3.67.